The first-order valence-corrected chi connectivity index (χ1v) is 6.93. The van der Waals surface area contributed by atoms with Crippen molar-refractivity contribution in [3.63, 3.8) is 0 Å². The van der Waals surface area contributed by atoms with Crippen LogP contribution in [0.25, 0.3) is 0 Å². The zero-order valence-electron chi connectivity index (χ0n) is 8.16. The molecule has 0 aromatic heterocycles. The van der Waals surface area contributed by atoms with Crippen LogP contribution < -0.4 is 4.74 Å². The Morgan fingerprint density at radius 2 is 1.76 bits per heavy atom. The fourth-order valence-electron chi connectivity index (χ4n) is 0.887. The molecule has 0 spiro atoms. The molecule has 1 aromatic carbocycles. The molecule has 1 atom stereocenters. The van der Waals surface area contributed by atoms with Crippen molar-refractivity contribution < 1.29 is 23.6 Å². The summed E-state index contributed by atoms with van der Waals surface area (Å²) in [6, 6.07) is 8.23. The molecule has 1 rings (SSSR count). The number of ether oxygens (including phenoxy) is 1. The lowest BCUT2D eigenvalue weighted by atomic mass is 10.3. The van der Waals surface area contributed by atoms with Crippen LogP contribution in [0.1, 0.15) is 0 Å². The molecule has 0 heterocycles. The van der Waals surface area contributed by atoms with Crippen LogP contribution in [0.5, 0.6) is 5.75 Å². The van der Waals surface area contributed by atoms with Crippen LogP contribution in [0.4, 0.5) is 0 Å². The molecule has 0 amide bonds. The second-order valence-electron chi connectivity index (χ2n) is 2.89. The number of hydrogen-bond acceptors (Lipinski definition) is 3. The van der Waals surface area contributed by atoms with Gasteiger partial charge in [-0.1, -0.05) is 53.0 Å². The van der Waals surface area contributed by atoms with Gasteiger partial charge < -0.3 is 14.5 Å². The normalized spacial score (nSPS) is 14.4. The predicted molar refractivity (Wildman–Crippen MR) is 64.3 cm³/mol. The predicted octanol–water partition coefficient (Wildman–Crippen LogP) is 2.87. The van der Waals surface area contributed by atoms with Crippen LogP contribution >= 0.6 is 42.6 Å². The van der Waals surface area contributed by atoms with Crippen molar-refractivity contribution in [1.29, 1.82) is 0 Å². The number of alkyl halides is 3. The Morgan fingerprint density at radius 1 is 1.24 bits per heavy atom. The summed E-state index contributed by atoms with van der Waals surface area (Å²) in [6.07, 6.45) is 0. The summed E-state index contributed by atoms with van der Waals surface area (Å²) in [7, 11) is -4.87. The lowest BCUT2D eigenvalue weighted by Gasteiger charge is -2.25. The Labute approximate surface area is 112 Å². The lowest BCUT2D eigenvalue weighted by Crippen LogP contribution is -2.33. The van der Waals surface area contributed by atoms with E-state index in [2.05, 4.69) is 4.52 Å². The molecule has 0 aliphatic carbocycles. The van der Waals surface area contributed by atoms with Crippen LogP contribution in [0, 0.1) is 0 Å². The molecule has 0 radical (unpaired) electrons. The zero-order valence-corrected chi connectivity index (χ0v) is 11.3. The van der Waals surface area contributed by atoms with Crippen LogP contribution in [-0.4, -0.2) is 19.9 Å². The Morgan fingerprint density at radius 3 is 2.24 bits per heavy atom. The molecule has 0 saturated carbocycles. The first-order chi connectivity index (χ1) is 7.71. The summed E-state index contributed by atoms with van der Waals surface area (Å²) in [6.45, 7) is 0. The van der Waals surface area contributed by atoms with E-state index in [0.29, 0.717) is 5.75 Å². The van der Waals surface area contributed by atoms with Gasteiger partial charge in [-0.05, 0) is 12.1 Å². The molecule has 96 valence electrons. The summed E-state index contributed by atoms with van der Waals surface area (Å²) in [4.78, 5) is 17.1. The average Bonchev–Trinajstić information content (AvgIpc) is 2.15. The number of rotatable bonds is 5. The summed E-state index contributed by atoms with van der Waals surface area (Å²) >= 11 is 16.7. The molecule has 1 unspecified atom stereocenters. The molecule has 17 heavy (non-hydrogen) atoms. The molecule has 9 heteroatoms. The van der Waals surface area contributed by atoms with E-state index in [1.807, 2.05) is 0 Å². The van der Waals surface area contributed by atoms with Gasteiger partial charge in [0.25, 0.3) is 4.52 Å². The van der Waals surface area contributed by atoms with Crippen molar-refractivity contribution in [2.45, 2.75) is 10.1 Å². The van der Waals surface area contributed by atoms with Crippen molar-refractivity contribution >= 4 is 42.6 Å². The molecule has 0 saturated heterocycles. The number of benzene rings is 1. The Bertz CT molecular complexity index is 407. The number of para-hydroxylation sites is 1. The lowest BCUT2D eigenvalue weighted by molar-refractivity contribution is 0.0931. The van der Waals surface area contributed by atoms with Crippen molar-refractivity contribution in [3.8, 4) is 5.75 Å². The summed E-state index contributed by atoms with van der Waals surface area (Å²) < 4.78 is 17.4. The van der Waals surface area contributed by atoms with Gasteiger partial charge in [0.05, 0.1) is 0 Å². The minimum absolute atomic E-state index is 0.326. The topological polar surface area (TPSA) is 76.0 Å². The second-order valence-corrected chi connectivity index (χ2v) is 5.77. The van der Waals surface area contributed by atoms with Gasteiger partial charge in [-0.25, -0.2) is 9.09 Å². The van der Waals surface area contributed by atoms with Gasteiger partial charge >= 0.3 is 7.82 Å². The fraction of sp³-hybridized carbons (Fsp3) is 0.250. The van der Waals surface area contributed by atoms with E-state index < -0.39 is 17.9 Å². The van der Waals surface area contributed by atoms with Gasteiger partial charge in [0.15, 0.2) is 0 Å². The van der Waals surface area contributed by atoms with Crippen molar-refractivity contribution in [2.24, 2.45) is 0 Å². The Balaban J connectivity index is 2.69. The molecule has 1 aromatic rings. The minimum Gasteiger partial charge on any atom is -0.469 e. The van der Waals surface area contributed by atoms with Crippen molar-refractivity contribution in [1.82, 2.24) is 0 Å². The summed E-state index contributed by atoms with van der Waals surface area (Å²) in [5.41, 5.74) is -1.50. The van der Waals surface area contributed by atoms with Gasteiger partial charge in [-0.15, -0.1) is 0 Å². The minimum atomic E-state index is -4.87. The van der Waals surface area contributed by atoms with Gasteiger partial charge in [-0.2, -0.15) is 0 Å². The average molecular weight is 321 g/mol. The van der Waals surface area contributed by atoms with Crippen LogP contribution in [0.2, 0.25) is 0 Å². The SMILES string of the molecule is O=P(O)(O)OC(Cl)(Cl)C(Cl)Oc1ccccc1. The van der Waals surface area contributed by atoms with E-state index in [-0.39, 0.29) is 0 Å². The largest absolute Gasteiger partial charge is 0.472 e. The van der Waals surface area contributed by atoms with Gasteiger partial charge in [0, 0.05) is 0 Å². The maximum absolute atomic E-state index is 10.6. The van der Waals surface area contributed by atoms with Crippen LogP contribution in [-0.2, 0) is 9.09 Å². The summed E-state index contributed by atoms with van der Waals surface area (Å²) in [5.74, 6) is 0.326. The molecule has 5 nitrogen and oxygen atoms in total. The highest BCUT2D eigenvalue weighted by Gasteiger charge is 2.43. The zero-order chi connectivity index (χ0) is 13.1. The Hall–Kier alpha value is 0. The maximum atomic E-state index is 10.6. The molecule has 0 aliphatic rings. The van der Waals surface area contributed by atoms with E-state index in [1.165, 1.54) is 0 Å². The van der Waals surface area contributed by atoms with E-state index in [9.17, 15) is 4.57 Å². The first kappa shape index (κ1) is 15.1. The molecule has 0 aliphatic heterocycles. The highest BCUT2D eigenvalue weighted by Crippen LogP contribution is 2.47. The maximum Gasteiger partial charge on any atom is 0.472 e. The van der Waals surface area contributed by atoms with Gasteiger partial charge in [0.2, 0.25) is 5.56 Å². The third-order valence-electron chi connectivity index (χ3n) is 1.49. The van der Waals surface area contributed by atoms with Crippen molar-refractivity contribution in [3.05, 3.63) is 30.3 Å². The van der Waals surface area contributed by atoms with E-state index in [0.717, 1.165) is 0 Å². The molecule has 0 bridgehead atoms. The number of hydrogen-bond donors (Lipinski definition) is 2. The van der Waals surface area contributed by atoms with Gasteiger partial charge in [-0.3, -0.25) is 0 Å². The standard InChI is InChI=1S/C8H8Cl3O5P/c9-7(8(10,11)16-17(12,13)14)15-6-4-2-1-3-5-6/h1-5,7H,(H2,12,13,14). The fourth-order valence-corrected chi connectivity index (χ4v) is 2.14. The molecular weight excluding hydrogens is 313 g/mol. The summed E-state index contributed by atoms with van der Waals surface area (Å²) in [5, 5.41) is 0. The Kier molecular flexibility index (Phi) is 5.10. The molecular formula is C8H8Cl3O5P. The van der Waals surface area contributed by atoms with Crippen LogP contribution in [0.15, 0.2) is 30.3 Å². The quantitative estimate of drug-likeness (QED) is 0.644. The monoisotopic (exact) mass is 320 g/mol. The highest BCUT2D eigenvalue weighted by atomic mass is 35.5. The van der Waals surface area contributed by atoms with Crippen molar-refractivity contribution in [2.75, 3.05) is 0 Å². The third-order valence-corrected chi connectivity index (χ3v) is 3.40. The van der Waals surface area contributed by atoms with E-state index in [1.54, 1.807) is 30.3 Å². The molecule has 0 fully saturated rings. The van der Waals surface area contributed by atoms with Crippen LogP contribution in [0.3, 0.4) is 0 Å². The van der Waals surface area contributed by atoms with E-state index >= 15 is 0 Å². The highest BCUT2D eigenvalue weighted by molar-refractivity contribution is 7.46. The smallest absolute Gasteiger partial charge is 0.469 e. The third kappa shape index (κ3) is 5.44. The first-order valence-electron chi connectivity index (χ1n) is 4.20. The second kappa shape index (κ2) is 5.76. The number of phosphoric acid groups is 1. The van der Waals surface area contributed by atoms with E-state index in [4.69, 9.17) is 49.3 Å². The van der Waals surface area contributed by atoms with Gasteiger partial charge in [0.1, 0.15) is 5.75 Å². The molecule has 2 N–H and O–H groups in total. The number of halogens is 3. The number of phosphoric ester groups is 1.